The van der Waals surface area contributed by atoms with E-state index in [-0.39, 0.29) is 22.0 Å². The minimum atomic E-state index is -1.96. The Hall–Kier alpha value is -0.696. The second-order valence-electron chi connectivity index (χ2n) is 10.3. The van der Waals surface area contributed by atoms with Crippen molar-refractivity contribution in [2.75, 3.05) is 13.2 Å². The molecule has 0 fully saturated rings. The van der Waals surface area contributed by atoms with Gasteiger partial charge in [-0.3, -0.25) is 0 Å². The van der Waals surface area contributed by atoms with Crippen LogP contribution in [0.5, 0.6) is 5.75 Å². The summed E-state index contributed by atoms with van der Waals surface area (Å²) in [4.78, 5) is 0. The van der Waals surface area contributed by atoms with Crippen molar-refractivity contribution in [1.29, 1.82) is 0 Å². The standard InChI is InChI=1S/C21H39FO3Si2/c1-20(2,3)26(7,8)24-16-19(25-27(9,10)21(4,5)6)15-23-18-13-11-17(22)12-14-18/h11-14,19H,15-16H2,1-10H3/t19-/m1/s1. The van der Waals surface area contributed by atoms with Gasteiger partial charge in [0, 0.05) is 0 Å². The number of rotatable bonds is 8. The average Bonchev–Trinajstić information content (AvgIpc) is 2.49. The van der Waals surface area contributed by atoms with Crippen LogP contribution in [0.1, 0.15) is 41.5 Å². The predicted molar refractivity (Wildman–Crippen MR) is 117 cm³/mol. The Kier molecular flexibility index (Phi) is 7.90. The molecule has 0 aromatic heterocycles. The van der Waals surface area contributed by atoms with Gasteiger partial charge in [0.15, 0.2) is 16.6 Å². The highest BCUT2D eigenvalue weighted by molar-refractivity contribution is 6.74. The third kappa shape index (κ3) is 7.33. The van der Waals surface area contributed by atoms with Crippen LogP contribution in [-0.4, -0.2) is 36.0 Å². The van der Waals surface area contributed by atoms with Gasteiger partial charge < -0.3 is 13.6 Å². The molecule has 1 atom stereocenters. The molecule has 0 saturated carbocycles. The van der Waals surface area contributed by atoms with Gasteiger partial charge in [-0.05, 0) is 60.5 Å². The van der Waals surface area contributed by atoms with Crippen LogP contribution in [0.4, 0.5) is 4.39 Å². The number of ether oxygens (including phenoxy) is 1. The summed E-state index contributed by atoms with van der Waals surface area (Å²) in [6, 6.07) is 6.11. The molecule has 0 aliphatic carbocycles. The van der Waals surface area contributed by atoms with E-state index in [4.69, 9.17) is 13.6 Å². The lowest BCUT2D eigenvalue weighted by Crippen LogP contribution is -2.49. The Morgan fingerprint density at radius 1 is 0.815 bits per heavy atom. The maximum Gasteiger partial charge on any atom is 0.192 e. The van der Waals surface area contributed by atoms with Crippen LogP contribution in [0.15, 0.2) is 24.3 Å². The fourth-order valence-corrected chi connectivity index (χ4v) is 4.31. The molecule has 0 N–H and O–H groups in total. The summed E-state index contributed by atoms with van der Waals surface area (Å²) in [7, 11) is -3.84. The highest BCUT2D eigenvalue weighted by atomic mass is 28.4. The van der Waals surface area contributed by atoms with E-state index in [1.54, 1.807) is 12.1 Å². The van der Waals surface area contributed by atoms with E-state index in [9.17, 15) is 4.39 Å². The van der Waals surface area contributed by atoms with Crippen molar-refractivity contribution in [3.8, 4) is 5.75 Å². The maximum absolute atomic E-state index is 13.1. The third-order valence-corrected chi connectivity index (χ3v) is 15.0. The van der Waals surface area contributed by atoms with Gasteiger partial charge in [-0.1, -0.05) is 41.5 Å². The monoisotopic (exact) mass is 414 g/mol. The topological polar surface area (TPSA) is 27.7 Å². The fraction of sp³-hybridized carbons (Fsp3) is 0.714. The Morgan fingerprint density at radius 3 is 1.74 bits per heavy atom. The molecule has 3 nitrogen and oxygen atoms in total. The first-order valence-corrected chi connectivity index (χ1v) is 15.6. The van der Waals surface area contributed by atoms with Crippen LogP contribution in [0.3, 0.4) is 0 Å². The Morgan fingerprint density at radius 2 is 1.30 bits per heavy atom. The van der Waals surface area contributed by atoms with Crippen molar-refractivity contribution in [3.05, 3.63) is 30.1 Å². The van der Waals surface area contributed by atoms with Gasteiger partial charge in [-0.2, -0.15) is 0 Å². The molecule has 0 aliphatic rings. The molecule has 0 aliphatic heterocycles. The van der Waals surface area contributed by atoms with E-state index in [0.29, 0.717) is 19.0 Å². The van der Waals surface area contributed by atoms with E-state index in [2.05, 4.69) is 67.7 Å². The van der Waals surface area contributed by atoms with Crippen LogP contribution in [0.25, 0.3) is 0 Å². The first-order chi connectivity index (χ1) is 12.1. The quantitative estimate of drug-likeness (QED) is 0.448. The zero-order valence-electron chi connectivity index (χ0n) is 18.9. The van der Waals surface area contributed by atoms with Gasteiger partial charge >= 0.3 is 0 Å². The second kappa shape index (κ2) is 8.76. The first kappa shape index (κ1) is 24.3. The normalized spacial score (nSPS) is 14.9. The van der Waals surface area contributed by atoms with Crippen LogP contribution in [0, 0.1) is 5.82 Å². The summed E-state index contributed by atoms with van der Waals surface area (Å²) in [6.07, 6.45) is -0.148. The second-order valence-corrected chi connectivity index (χ2v) is 19.9. The van der Waals surface area contributed by atoms with Gasteiger partial charge in [-0.15, -0.1) is 0 Å². The Balaban J connectivity index is 2.87. The van der Waals surface area contributed by atoms with Gasteiger partial charge in [0.05, 0.1) is 6.61 Å². The summed E-state index contributed by atoms with van der Waals surface area (Å²) in [5, 5.41) is 0.254. The van der Waals surface area contributed by atoms with Gasteiger partial charge in [0.25, 0.3) is 0 Å². The summed E-state index contributed by atoms with van der Waals surface area (Å²) >= 11 is 0. The maximum atomic E-state index is 13.1. The Bertz CT molecular complexity index is 587. The predicted octanol–water partition coefficient (Wildman–Crippen LogP) is 6.62. The molecule has 0 spiro atoms. The van der Waals surface area contributed by atoms with Crippen molar-refractivity contribution < 1.29 is 18.0 Å². The number of hydrogen-bond donors (Lipinski definition) is 0. The molecular formula is C21H39FO3Si2. The van der Waals surface area contributed by atoms with Crippen molar-refractivity contribution in [3.63, 3.8) is 0 Å². The molecule has 6 heteroatoms. The molecule has 0 unspecified atom stereocenters. The lowest BCUT2D eigenvalue weighted by atomic mass is 10.2. The highest BCUT2D eigenvalue weighted by Gasteiger charge is 2.41. The van der Waals surface area contributed by atoms with E-state index in [0.717, 1.165) is 0 Å². The first-order valence-electron chi connectivity index (χ1n) is 9.75. The van der Waals surface area contributed by atoms with Crippen LogP contribution in [0.2, 0.25) is 36.3 Å². The molecule has 0 amide bonds. The molecule has 27 heavy (non-hydrogen) atoms. The molecule has 156 valence electrons. The van der Waals surface area contributed by atoms with Gasteiger partial charge in [0.1, 0.15) is 24.3 Å². The zero-order chi connectivity index (χ0) is 21.1. The molecule has 0 saturated heterocycles. The number of benzene rings is 1. The average molecular weight is 415 g/mol. The van der Waals surface area contributed by atoms with Crippen LogP contribution >= 0.6 is 0 Å². The van der Waals surface area contributed by atoms with Crippen molar-refractivity contribution in [1.82, 2.24) is 0 Å². The largest absolute Gasteiger partial charge is 0.491 e. The summed E-state index contributed by atoms with van der Waals surface area (Å²) in [6.45, 7) is 23.3. The molecule has 0 radical (unpaired) electrons. The van der Waals surface area contributed by atoms with E-state index in [1.807, 2.05) is 0 Å². The number of halogens is 1. The van der Waals surface area contributed by atoms with Gasteiger partial charge in [-0.25, -0.2) is 4.39 Å². The summed E-state index contributed by atoms with van der Waals surface area (Å²) in [5.74, 6) is 0.380. The highest BCUT2D eigenvalue weighted by Crippen LogP contribution is 2.39. The summed E-state index contributed by atoms with van der Waals surface area (Å²) in [5.41, 5.74) is 0. The fourth-order valence-electron chi connectivity index (χ4n) is 1.95. The Labute approximate surface area is 167 Å². The minimum absolute atomic E-state index is 0.109. The van der Waals surface area contributed by atoms with E-state index >= 15 is 0 Å². The minimum Gasteiger partial charge on any atom is -0.491 e. The lowest BCUT2D eigenvalue weighted by molar-refractivity contribution is 0.0653. The molecular weight excluding hydrogens is 375 g/mol. The van der Waals surface area contributed by atoms with E-state index in [1.165, 1.54) is 12.1 Å². The summed E-state index contributed by atoms with van der Waals surface area (Å²) < 4.78 is 32.0. The number of hydrogen-bond acceptors (Lipinski definition) is 3. The molecule has 1 aromatic carbocycles. The molecule has 1 aromatic rings. The van der Waals surface area contributed by atoms with Crippen molar-refractivity contribution in [2.45, 2.75) is 83.9 Å². The smallest absolute Gasteiger partial charge is 0.192 e. The third-order valence-electron chi connectivity index (χ3n) is 5.95. The zero-order valence-corrected chi connectivity index (χ0v) is 20.9. The van der Waals surface area contributed by atoms with Crippen molar-refractivity contribution >= 4 is 16.6 Å². The van der Waals surface area contributed by atoms with Crippen LogP contribution in [-0.2, 0) is 8.85 Å². The molecule has 0 heterocycles. The van der Waals surface area contributed by atoms with Crippen molar-refractivity contribution in [2.24, 2.45) is 0 Å². The van der Waals surface area contributed by atoms with Crippen LogP contribution < -0.4 is 4.74 Å². The molecule has 0 bridgehead atoms. The lowest BCUT2D eigenvalue weighted by Gasteiger charge is -2.41. The molecule has 1 rings (SSSR count). The SMILES string of the molecule is CC(C)(C)[Si](C)(C)OC[C@@H](COc1ccc(F)cc1)O[Si](C)(C)C(C)(C)C. The van der Waals surface area contributed by atoms with E-state index < -0.39 is 16.6 Å². The van der Waals surface area contributed by atoms with Gasteiger partial charge in [0.2, 0.25) is 0 Å².